The molecule has 2 heterocycles. The molecule has 0 unspecified atom stereocenters. The van der Waals surface area contributed by atoms with E-state index in [9.17, 15) is 0 Å². The third-order valence-electron chi connectivity index (χ3n) is 3.64. The van der Waals surface area contributed by atoms with Gasteiger partial charge in [-0.05, 0) is 19.4 Å². The third kappa shape index (κ3) is 2.16. The SMILES string of the molecule is Cc1ccc(-c2csc3nc(C(C)(C)C)cn23)c(C)c1. The Morgan fingerprint density at radius 2 is 1.90 bits per heavy atom. The van der Waals surface area contributed by atoms with Gasteiger partial charge in [-0.15, -0.1) is 11.3 Å². The van der Waals surface area contributed by atoms with Gasteiger partial charge in [0.15, 0.2) is 4.96 Å². The second-order valence-corrected chi connectivity index (χ2v) is 7.30. The maximum Gasteiger partial charge on any atom is 0.194 e. The molecule has 0 aliphatic rings. The highest BCUT2D eigenvalue weighted by Crippen LogP contribution is 2.31. The van der Waals surface area contributed by atoms with Crippen molar-refractivity contribution >= 4 is 16.3 Å². The maximum absolute atomic E-state index is 4.76. The minimum atomic E-state index is 0.0886. The normalized spacial score (nSPS) is 12.2. The molecular weight excluding hydrogens is 264 g/mol. The van der Waals surface area contributed by atoms with E-state index in [1.54, 1.807) is 11.3 Å². The summed E-state index contributed by atoms with van der Waals surface area (Å²) >= 11 is 1.71. The number of hydrogen-bond acceptors (Lipinski definition) is 2. The summed E-state index contributed by atoms with van der Waals surface area (Å²) in [5.41, 5.74) is 6.39. The molecule has 0 bridgehead atoms. The number of aromatic nitrogens is 2. The molecule has 0 radical (unpaired) electrons. The van der Waals surface area contributed by atoms with Crippen molar-refractivity contribution in [2.45, 2.75) is 40.0 Å². The lowest BCUT2D eigenvalue weighted by Crippen LogP contribution is -2.11. The smallest absolute Gasteiger partial charge is 0.194 e. The molecule has 104 valence electrons. The summed E-state index contributed by atoms with van der Waals surface area (Å²) in [5.74, 6) is 0. The van der Waals surface area contributed by atoms with E-state index in [1.807, 2.05) is 0 Å². The van der Waals surface area contributed by atoms with Crippen LogP contribution in [0.25, 0.3) is 16.2 Å². The van der Waals surface area contributed by atoms with Crippen LogP contribution in [0, 0.1) is 13.8 Å². The Bertz CT molecular complexity index is 772. The fourth-order valence-corrected chi connectivity index (χ4v) is 3.31. The number of nitrogens with zero attached hydrogens (tertiary/aromatic N) is 2. The number of benzene rings is 1. The Balaban J connectivity index is 2.19. The van der Waals surface area contributed by atoms with Gasteiger partial charge in [-0.3, -0.25) is 4.40 Å². The van der Waals surface area contributed by atoms with Gasteiger partial charge in [0, 0.05) is 22.6 Å². The molecule has 2 nitrogen and oxygen atoms in total. The summed E-state index contributed by atoms with van der Waals surface area (Å²) < 4.78 is 2.23. The second-order valence-electron chi connectivity index (χ2n) is 6.47. The van der Waals surface area contributed by atoms with Gasteiger partial charge in [0.1, 0.15) is 0 Å². The summed E-state index contributed by atoms with van der Waals surface area (Å²) in [5, 5.41) is 2.20. The molecule has 0 amide bonds. The lowest BCUT2D eigenvalue weighted by molar-refractivity contribution is 0.573. The molecule has 3 heteroatoms. The van der Waals surface area contributed by atoms with Crippen LogP contribution in [-0.4, -0.2) is 9.38 Å². The topological polar surface area (TPSA) is 17.3 Å². The number of rotatable bonds is 1. The van der Waals surface area contributed by atoms with Gasteiger partial charge in [-0.1, -0.05) is 44.5 Å². The van der Waals surface area contributed by atoms with Crippen LogP contribution in [0.1, 0.15) is 37.6 Å². The molecule has 1 aromatic carbocycles. The molecule has 20 heavy (non-hydrogen) atoms. The molecule has 3 aromatic rings. The number of thiazole rings is 1. The molecule has 0 atom stereocenters. The Hall–Kier alpha value is -1.61. The van der Waals surface area contributed by atoms with Gasteiger partial charge in [0.25, 0.3) is 0 Å². The van der Waals surface area contributed by atoms with Crippen molar-refractivity contribution in [3.05, 3.63) is 46.6 Å². The first kappa shape index (κ1) is 13.4. The summed E-state index contributed by atoms with van der Waals surface area (Å²) in [6.07, 6.45) is 2.18. The summed E-state index contributed by atoms with van der Waals surface area (Å²) in [4.78, 5) is 5.83. The van der Waals surface area contributed by atoms with Crippen molar-refractivity contribution in [1.29, 1.82) is 0 Å². The predicted octanol–water partition coefficient (Wildman–Crippen LogP) is 4.98. The highest BCUT2D eigenvalue weighted by Gasteiger charge is 2.19. The van der Waals surface area contributed by atoms with Crippen LogP contribution in [0.3, 0.4) is 0 Å². The van der Waals surface area contributed by atoms with Crippen molar-refractivity contribution in [2.24, 2.45) is 0 Å². The fraction of sp³-hybridized carbons (Fsp3) is 0.353. The average Bonchev–Trinajstić information content (AvgIpc) is 2.88. The van der Waals surface area contributed by atoms with Gasteiger partial charge in [-0.25, -0.2) is 4.98 Å². The summed E-state index contributed by atoms with van der Waals surface area (Å²) in [6, 6.07) is 6.62. The highest BCUT2D eigenvalue weighted by molar-refractivity contribution is 7.15. The van der Waals surface area contributed by atoms with Gasteiger partial charge in [0.2, 0.25) is 0 Å². The maximum atomic E-state index is 4.76. The molecule has 3 rings (SSSR count). The van der Waals surface area contributed by atoms with Crippen LogP contribution in [0.15, 0.2) is 29.8 Å². The van der Waals surface area contributed by atoms with Crippen LogP contribution in [0.2, 0.25) is 0 Å². The molecular formula is C17H20N2S. The molecule has 2 aromatic heterocycles. The van der Waals surface area contributed by atoms with Crippen molar-refractivity contribution in [1.82, 2.24) is 9.38 Å². The Morgan fingerprint density at radius 1 is 1.15 bits per heavy atom. The highest BCUT2D eigenvalue weighted by atomic mass is 32.1. The first-order valence-electron chi connectivity index (χ1n) is 6.91. The minimum Gasteiger partial charge on any atom is -0.290 e. The Morgan fingerprint density at radius 3 is 2.55 bits per heavy atom. The van der Waals surface area contributed by atoms with E-state index in [2.05, 4.69) is 68.8 Å². The van der Waals surface area contributed by atoms with Gasteiger partial charge in [0.05, 0.1) is 11.4 Å². The lowest BCUT2D eigenvalue weighted by Gasteiger charge is -2.14. The molecule has 0 aliphatic heterocycles. The molecule has 0 saturated heterocycles. The standard InChI is InChI=1S/C17H20N2S/c1-11-6-7-13(12(2)8-11)14-10-20-16-18-15(9-19(14)16)17(3,4)5/h6-10H,1-5H3. The second kappa shape index (κ2) is 4.45. The van der Waals surface area contributed by atoms with E-state index >= 15 is 0 Å². The lowest BCUT2D eigenvalue weighted by atomic mass is 9.93. The van der Waals surface area contributed by atoms with Crippen LogP contribution < -0.4 is 0 Å². The predicted molar refractivity (Wildman–Crippen MR) is 86.7 cm³/mol. The number of hydrogen-bond donors (Lipinski definition) is 0. The van der Waals surface area contributed by atoms with E-state index in [4.69, 9.17) is 4.98 Å². The van der Waals surface area contributed by atoms with Crippen LogP contribution >= 0.6 is 11.3 Å². The first-order chi connectivity index (χ1) is 9.36. The van der Waals surface area contributed by atoms with E-state index in [-0.39, 0.29) is 5.41 Å². The fourth-order valence-electron chi connectivity index (χ4n) is 2.44. The van der Waals surface area contributed by atoms with Crippen molar-refractivity contribution in [3.63, 3.8) is 0 Å². The molecule has 0 N–H and O–H groups in total. The minimum absolute atomic E-state index is 0.0886. The van der Waals surface area contributed by atoms with Crippen LogP contribution in [0.4, 0.5) is 0 Å². The zero-order valence-corrected chi connectivity index (χ0v) is 13.5. The largest absolute Gasteiger partial charge is 0.290 e. The first-order valence-corrected chi connectivity index (χ1v) is 7.79. The van der Waals surface area contributed by atoms with Crippen LogP contribution in [-0.2, 0) is 5.41 Å². The quantitative estimate of drug-likeness (QED) is 0.616. The Labute approximate surface area is 124 Å². The third-order valence-corrected chi connectivity index (χ3v) is 4.48. The van der Waals surface area contributed by atoms with E-state index in [1.165, 1.54) is 22.4 Å². The van der Waals surface area contributed by atoms with E-state index in [0.29, 0.717) is 0 Å². The summed E-state index contributed by atoms with van der Waals surface area (Å²) in [7, 11) is 0. The molecule has 0 aliphatic carbocycles. The Kier molecular flexibility index (Phi) is 2.98. The molecule has 0 fully saturated rings. The molecule has 0 spiro atoms. The molecule has 0 saturated carbocycles. The summed E-state index contributed by atoms with van der Waals surface area (Å²) in [6.45, 7) is 10.9. The van der Waals surface area contributed by atoms with Crippen molar-refractivity contribution in [2.75, 3.05) is 0 Å². The number of fused-ring (bicyclic) bond motifs is 1. The van der Waals surface area contributed by atoms with Crippen molar-refractivity contribution in [3.8, 4) is 11.3 Å². The van der Waals surface area contributed by atoms with Crippen molar-refractivity contribution < 1.29 is 0 Å². The monoisotopic (exact) mass is 284 g/mol. The van der Waals surface area contributed by atoms with Gasteiger partial charge >= 0.3 is 0 Å². The zero-order valence-electron chi connectivity index (χ0n) is 12.7. The van der Waals surface area contributed by atoms with Gasteiger partial charge in [-0.2, -0.15) is 0 Å². The zero-order chi connectivity index (χ0) is 14.5. The van der Waals surface area contributed by atoms with Crippen LogP contribution in [0.5, 0.6) is 0 Å². The average molecular weight is 284 g/mol. The van der Waals surface area contributed by atoms with Gasteiger partial charge < -0.3 is 0 Å². The van der Waals surface area contributed by atoms with E-state index < -0.39 is 0 Å². The number of aryl methyl sites for hydroxylation is 2. The number of imidazole rings is 1. The van der Waals surface area contributed by atoms with E-state index in [0.717, 1.165) is 10.7 Å².